The Balaban J connectivity index is 2.40. The molecular formula is C15H18N2O3. The Bertz CT molecular complexity index is 605. The third-order valence-corrected chi connectivity index (χ3v) is 3.06. The summed E-state index contributed by atoms with van der Waals surface area (Å²) < 4.78 is 5.73. The van der Waals surface area contributed by atoms with Crippen LogP contribution in [0, 0.1) is 6.92 Å². The first-order valence-electron chi connectivity index (χ1n) is 6.65. The maximum absolute atomic E-state index is 11.3. The predicted octanol–water partition coefficient (Wildman–Crippen LogP) is 3.26. The zero-order chi connectivity index (χ0) is 14.5. The van der Waals surface area contributed by atoms with Gasteiger partial charge in [0, 0.05) is 11.3 Å². The average molecular weight is 274 g/mol. The number of ether oxygens (including phenoxy) is 1. The first-order chi connectivity index (χ1) is 9.65. The number of aromatic nitrogens is 2. The molecule has 0 radical (unpaired) electrons. The lowest BCUT2D eigenvalue weighted by atomic mass is 10.1. The molecule has 0 aliphatic heterocycles. The fourth-order valence-corrected chi connectivity index (χ4v) is 2.00. The summed E-state index contributed by atoms with van der Waals surface area (Å²) in [4.78, 5) is 11.3. The van der Waals surface area contributed by atoms with Crippen LogP contribution in [0.2, 0.25) is 0 Å². The highest BCUT2D eigenvalue weighted by Gasteiger charge is 2.20. The number of H-pyrrole nitrogens is 1. The Kier molecular flexibility index (Phi) is 4.40. The summed E-state index contributed by atoms with van der Waals surface area (Å²) in [6.45, 7) is 4.40. The van der Waals surface area contributed by atoms with Crippen molar-refractivity contribution < 1.29 is 14.6 Å². The third-order valence-electron chi connectivity index (χ3n) is 3.06. The number of carboxylic acids is 1. The molecule has 0 saturated carbocycles. The summed E-state index contributed by atoms with van der Waals surface area (Å²) in [5, 5.41) is 16.1. The van der Waals surface area contributed by atoms with Crippen molar-refractivity contribution >= 4 is 5.97 Å². The quantitative estimate of drug-likeness (QED) is 0.793. The molecule has 2 aromatic rings. The molecule has 0 fully saturated rings. The molecule has 0 bridgehead atoms. The summed E-state index contributed by atoms with van der Waals surface area (Å²) in [5.41, 5.74) is 1.85. The van der Waals surface area contributed by atoms with Gasteiger partial charge in [-0.3, -0.25) is 5.10 Å². The number of carbonyl (C=O) groups is 1. The van der Waals surface area contributed by atoms with Crippen molar-refractivity contribution in [3.63, 3.8) is 0 Å². The largest absolute Gasteiger partial charge is 0.493 e. The molecule has 0 amide bonds. The summed E-state index contributed by atoms with van der Waals surface area (Å²) in [6, 6.07) is 7.37. The first-order valence-corrected chi connectivity index (χ1v) is 6.65. The number of rotatable bonds is 6. The van der Waals surface area contributed by atoms with Crippen molar-refractivity contribution in [1.82, 2.24) is 10.2 Å². The van der Waals surface area contributed by atoms with Crippen molar-refractivity contribution in [2.45, 2.75) is 26.7 Å². The number of unbranched alkanes of at least 4 members (excludes halogenated alkanes) is 1. The van der Waals surface area contributed by atoms with Crippen LogP contribution in [0.1, 0.15) is 35.8 Å². The molecule has 1 aromatic heterocycles. The summed E-state index contributed by atoms with van der Waals surface area (Å²) >= 11 is 0. The van der Waals surface area contributed by atoms with Crippen molar-refractivity contribution in [3.05, 3.63) is 35.5 Å². The molecule has 106 valence electrons. The van der Waals surface area contributed by atoms with Crippen LogP contribution in [0.25, 0.3) is 11.3 Å². The molecule has 5 nitrogen and oxygen atoms in total. The van der Waals surface area contributed by atoms with Crippen molar-refractivity contribution in [2.75, 3.05) is 6.61 Å². The van der Waals surface area contributed by atoms with Crippen LogP contribution < -0.4 is 4.74 Å². The minimum atomic E-state index is -0.991. The van der Waals surface area contributed by atoms with Crippen LogP contribution >= 0.6 is 0 Å². The molecule has 2 rings (SSSR count). The van der Waals surface area contributed by atoms with Gasteiger partial charge in [-0.1, -0.05) is 25.5 Å². The number of hydrogen-bond acceptors (Lipinski definition) is 3. The van der Waals surface area contributed by atoms with Gasteiger partial charge in [0.2, 0.25) is 0 Å². The van der Waals surface area contributed by atoms with Gasteiger partial charge in [0.1, 0.15) is 17.0 Å². The maximum atomic E-state index is 11.3. The van der Waals surface area contributed by atoms with E-state index in [2.05, 4.69) is 17.1 Å². The van der Waals surface area contributed by atoms with Crippen LogP contribution in [-0.4, -0.2) is 27.9 Å². The van der Waals surface area contributed by atoms with Crippen molar-refractivity contribution in [1.29, 1.82) is 0 Å². The van der Waals surface area contributed by atoms with Gasteiger partial charge < -0.3 is 9.84 Å². The standard InChI is InChI=1S/C15H18N2O3/c1-3-4-9-20-12-8-6-5-7-11(12)14-13(15(18)19)10(2)16-17-14/h5-8H,3-4,9H2,1-2H3,(H,16,17)(H,18,19). The minimum Gasteiger partial charge on any atom is -0.493 e. The summed E-state index contributed by atoms with van der Waals surface area (Å²) in [6.07, 6.45) is 2.00. The topological polar surface area (TPSA) is 75.2 Å². The SMILES string of the molecule is CCCCOc1ccccc1-c1n[nH]c(C)c1C(=O)O. The first kappa shape index (κ1) is 14.1. The maximum Gasteiger partial charge on any atom is 0.339 e. The number of carboxylic acid groups (broad SMARTS) is 1. The number of nitrogens with one attached hydrogen (secondary N) is 1. The molecule has 1 aromatic carbocycles. The predicted molar refractivity (Wildman–Crippen MR) is 76.1 cm³/mol. The molecule has 2 N–H and O–H groups in total. The van der Waals surface area contributed by atoms with Crippen LogP contribution in [0.3, 0.4) is 0 Å². The van der Waals surface area contributed by atoms with Crippen molar-refractivity contribution in [2.24, 2.45) is 0 Å². The van der Waals surface area contributed by atoms with E-state index in [1.165, 1.54) is 0 Å². The van der Waals surface area contributed by atoms with E-state index in [1.54, 1.807) is 6.92 Å². The van der Waals surface area contributed by atoms with Gasteiger partial charge in [-0.2, -0.15) is 5.10 Å². The van der Waals surface area contributed by atoms with E-state index in [0.717, 1.165) is 12.8 Å². The zero-order valence-corrected chi connectivity index (χ0v) is 11.6. The Morgan fingerprint density at radius 1 is 1.40 bits per heavy atom. The van der Waals surface area contributed by atoms with E-state index >= 15 is 0 Å². The van der Waals surface area contributed by atoms with Crippen LogP contribution in [0.5, 0.6) is 5.75 Å². The molecule has 0 aliphatic carbocycles. The molecule has 0 saturated heterocycles. The lowest BCUT2D eigenvalue weighted by Crippen LogP contribution is -2.02. The van der Waals surface area contributed by atoms with Crippen LogP contribution in [0.4, 0.5) is 0 Å². The van der Waals surface area contributed by atoms with Crippen LogP contribution in [-0.2, 0) is 0 Å². The smallest absolute Gasteiger partial charge is 0.339 e. The lowest BCUT2D eigenvalue weighted by Gasteiger charge is -2.10. The normalized spacial score (nSPS) is 10.5. The minimum absolute atomic E-state index is 0.191. The van der Waals surface area contributed by atoms with Gasteiger partial charge in [-0.05, 0) is 25.5 Å². The molecule has 0 aliphatic rings. The second-order valence-corrected chi connectivity index (χ2v) is 4.58. The highest BCUT2D eigenvalue weighted by Crippen LogP contribution is 2.32. The lowest BCUT2D eigenvalue weighted by molar-refractivity contribution is 0.0697. The molecule has 1 heterocycles. The third kappa shape index (κ3) is 2.82. The molecule has 0 unspecified atom stereocenters. The van der Waals surface area contributed by atoms with Gasteiger partial charge in [-0.25, -0.2) is 4.79 Å². The number of aromatic carboxylic acids is 1. The molecular weight excluding hydrogens is 256 g/mol. The van der Waals surface area contributed by atoms with Gasteiger partial charge >= 0.3 is 5.97 Å². The van der Waals surface area contributed by atoms with E-state index in [4.69, 9.17) is 4.74 Å². The van der Waals surface area contributed by atoms with Gasteiger partial charge in [-0.15, -0.1) is 0 Å². The van der Waals surface area contributed by atoms with Crippen molar-refractivity contribution in [3.8, 4) is 17.0 Å². The molecule has 5 heteroatoms. The Morgan fingerprint density at radius 3 is 2.85 bits per heavy atom. The van der Waals surface area contributed by atoms with Crippen LogP contribution in [0.15, 0.2) is 24.3 Å². The second-order valence-electron chi connectivity index (χ2n) is 4.58. The number of nitrogens with zero attached hydrogens (tertiary/aromatic N) is 1. The zero-order valence-electron chi connectivity index (χ0n) is 11.6. The fourth-order valence-electron chi connectivity index (χ4n) is 2.00. The molecule has 0 atom stereocenters. The van der Waals surface area contributed by atoms with Gasteiger partial charge in [0.25, 0.3) is 0 Å². The molecule has 20 heavy (non-hydrogen) atoms. The van der Waals surface area contributed by atoms with E-state index in [-0.39, 0.29) is 5.56 Å². The number of para-hydroxylation sites is 1. The van der Waals surface area contributed by atoms with Gasteiger partial charge in [0.05, 0.1) is 6.61 Å². The number of aromatic amines is 1. The average Bonchev–Trinajstić information content (AvgIpc) is 2.81. The van der Waals surface area contributed by atoms with E-state index < -0.39 is 5.97 Å². The Morgan fingerprint density at radius 2 is 2.15 bits per heavy atom. The Hall–Kier alpha value is -2.30. The fraction of sp³-hybridized carbons (Fsp3) is 0.333. The number of aryl methyl sites for hydroxylation is 1. The van der Waals surface area contributed by atoms with E-state index in [9.17, 15) is 9.90 Å². The number of benzene rings is 1. The monoisotopic (exact) mass is 274 g/mol. The Labute approximate surface area is 117 Å². The second kappa shape index (κ2) is 6.23. The van der Waals surface area contributed by atoms with Gasteiger partial charge in [0.15, 0.2) is 0 Å². The number of hydrogen-bond donors (Lipinski definition) is 2. The summed E-state index contributed by atoms with van der Waals surface area (Å²) in [5.74, 6) is -0.329. The highest BCUT2D eigenvalue weighted by atomic mass is 16.5. The summed E-state index contributed by atoms with van der Waals surface area (Å²) in [7, 11) is 0. The molecule has 0 spiro atoms. The van der Waals surface area contributed by atoms with E-state index in [0.29, 0.717) is 29.3 Å². The highest BCUT2D eigenvalue weighted by molar-refractivity contribution is 5.96. The van der Waals surface area contributed by atoms with E-state index in [1.807, 2.05) is 24.3 Å².